The summed E-state index contributed by atoms with van der Waals surface area (Å²) < 4.78 is 6.29. The van der Waals surface area contributed by atoms with E-state index < -0.39 is 5.60 Å². The van der Waals surface area contributed by atoms with Gasteiger partial charge in [0.2, 0.25) is 0 Å². The van der Waals surface area contributed by atoms with Gasteiger partial charge in [-0.25, -0.2) is 4.79 Å². The molecular formula is C19H22BrNO2. The standard InChI is InChI=1S/C19H22BrNO2/c1-19(2,3)23-18(22)21-11-10-14-6-4-7-15(12-14)16-8-5-9-17(20)13-16/h4-9,12-13H,10-11H2,1-3H3,(H,21,22). The number of carbonyl (C=O) groups excluding carboxylic acids is 1. The molecule has 122 valence electrons. The topological polar surface area (TPSA) is 38.3 Å². The van der Waals surface area contributed by atoms with Crippen LogP contribution in [0, 0.1) is 0 Å². The van der Waals surface area contributed by atoms with Crippen molar-refractivity contribution in [2.75, 3.05) is 6.54 Å². The summed E-state index contributed by atoms with van der Waals surface area (Å²) in [6.45, 7) is 6.12. The molecule has 3 nitrogen and oxygen atoms in total. The van der Waals surface area contributed by atoms with Gasteiger partial charge in [-0.2, -0.15) is 0 Å². The molecule has 1 N–H and O–H groups in total. The van der Waals surface area contributed by atoms with Crippen LogP contribution < -0.4 is 5.32 Å². The maximum Gasteiger partial charge on any atom is 0.407 e. The van der Waals surface area contributed by atoms with Crippen molar-refractivity contribution in [3.63, 3.8) is 0 Å². The van der Waals surface area contributed by atoms with E-state index in [1.54, 1.807) is 0 Å². The minimum Gasteiger partial charge on any atom is -0.444 e. The summed E-state index contributed by atoms with van der Waals surface area (Å²) in [6, 6.07) is 16.6. The highest BCUT2D eigenvalue weighted by atomic mass is 79.9. The van der Waals surface area contributed by atoms with Crippen molar-refractivity contribution < 1.29 is 9.53 Å². The van der Waals surface area contributed by atoms with Crippen molar-refractivity contribution >= 4 is 22.0 Å². The van der Waals surface area contributed by atoms with Gasteiger partial charge in [-0.05, 0) is 56.0 Å². The molecule has 0 bridgehead atoms. The summed E-state index contributed by atoms with van der Waals surface area (Å²) >= 11 is 3.50. The second kappa shape index (κ2) is 7.64. The van der Waals surface area contributed by atoms with E-state index in [9.17, 15) is 4.79 Å². The lowest BCUT2D eigenvalue weighted by Crippen LogP contribution is -2.33. The largest absolute Gasteiger partial charge is 0.444 e. The Morgan fingerprint density at radius 1 is 1.09 bits per heavy atom. The number of hydrogen-bond donors (Lipinski definition) is 1. The van der Waals surface area contributed by atoms with E-state index in [0.717, 1.165) is 10.9 Å². The van der Waals surface area contributed by atoms with Gasteiger partial charge in [0.05, 0.1) is 0 Å². The first-order valence-corrected chi connectivity index (χ1v) is 8.44. The number of hydrogen-bond acceptors (Lipinski definition) is 2. The van der Waals surface area contributed by atoms with Crippen LogP contribution in [-0.4, -0.2) is 18.2 Å². The Kier molecular flexibility index (Phi) is 5.83. The third-order valence-corrected chi connectivity index (χ3v) is 3.66. The molecule has 0 aromatic heterocycles. The van der Waals surface area contributed by atoms with Gasteiger partial charge in [-0.3, -0.25) is 0 Å². The zero-order valence-electron chi connectivity index (χ0n) is 13.7. The molecule has 0 atom stereocenters. The molecule has 0 aliphatic carbocycles. The van der Waals surface area contributed by atoms with Gasteiger partial charge in [-0.15, -0.1) is 0 Å². The van der Waals surface area contributed by atoms with Crippen molar-refractivity contribution in [1.82, 2.24) is 5.32 Å². The molecule has 23 heavy (non-hydrogen) atoms. The predicted octanol–water partition coefficient (Wildman–Crippen LogP) is 5.18. The highest BCUT2D eigenvalue weighted by Crippen LogP contribution is 2.23. The normalized spacial score (nSPS) is 11.1. The Labute approximate surface area is 146 Å². The summed E-state index contributed by atoms with van der Waals surface area (Å²) in [4.78, 5) is 11.6. The first-order valence-electron chi connectivity index (χ1n) is 7.65. The molecule has 0 saturated heterocycles. The Balaban J connectivity index is 1.94. The number of nitrogens with one attached hydrogen (secondary N) is 1. The molecule has 1 amide bonds. The smallest absolute Gasteiger partial charge is 0.407 e. The molecule has 2 aromatic rings. The third-order valence-electron chi connectivity index (χ3n) is 3.17. The average Bonchev–Trinajstić information content (AvgIpc) is 2.46. The van der Waals surface area contributed by atoms with Crippen LogP contribution >= 0.6 is 15.9 Å². The highest BCUT2D eigenvalue weighted by molar-refractivity contribution is 9.10. The third kappa shape index (κ3) is 6.06. The summed E-state index contributed by atoms with van der Waals surface area (Å²) in [5.74, 6) is 0. The number of carbonyl (C=O) groups is 1. The maximum atomic E-state index is 11.6. The quantitative estimate of drug-likeness (QED) is 0.798. The van der Waals surface area contributed by atoms with Crippen molar-refractivity contribution in [1.29, 1.82) is 0 Å². The second-order valence-electron chi connectivity index (χ2n) is 6.39. The molecule has 0 spiro atoms. The van der Waals surface area contributed by atoms with E-state index in [1.807, 2.05) is 39.0 Å². The van der Waals surface area contributed by atoms with Crippen LogP contribution in [0.1, 0.15) is 26.3 Å². The van der Waals surface area contributed by atoms with Gasteiger partial charge in [0, 0.05) is 11.0 Å². The number of benzene rings is 2. The van der Waals surface area contributed by atoms with Gasteiger partial charge in [-0.1, -0.05) is 52.3 Å². The predicted molar refractivity (Wildman–Crippen MR) is 97.5 cm³/mol. The Morgan fingerprint density at radius 2 is 1.74 bits per heavy atom. The minimum atomic E-state index is -0.468. The lowest BCUT2D eigenvalue weighted by Gasteiger charge is -2.19. The van der Waals surface area contributed by atoms with Crippen LogP contribution in [0.5, 0.6) is 0 Å². The SMILES string of the molecule is CC(C)(C)OC(=O)NCCc1cccc(-c2cccc(Br)c2)c1. The fourth-order valence-corrected chi connectivity index (χ4v) is 2.60. The molecular weight excluding hydrogens is 354 g/mol. The molecule has 4 heteroatoms. The number of ether oxygens (including phenoxy) is 1. The summed E-state index contributed by atoms with van der Waals surface area (Å²) in [7, 11) is 0. The van der Waals surface area contributed by atoms with Crippen LogP contribution in [0.3, 0.4) is 0 Å². The van der Waals surface area contributed by atoms with E-state index in [1.165, 1.54) is 16.7 Å². The van der Waals surface area contributed by atoms with Gasteiger partial charge in [0.15, 0.2) is 0 Å². The van der Waals surface area contributed by atoms with Crippen LogP contribution in [-0.2, 0) is 11.2 Å². The Hall–Kier alpha value is -1.81. The molecule has 0 unspecified atom stereocenters. The van der Waals surface area contributed by atoms with Crippen LogP contribution in [0.2, 0.25) is 0 Å². The molecule has 0 heterocycles. The van der Waals surface area contributed by atoms with E-state index >= 15 is 0 Å². The zero-order chi connectivity index (χ0) is 16.9. The number of amides is 1. The van der Waals surface area contributed by atoms with Gasteiger partial charge in [0.1, 0.15) is 5.60 Å². The number of rotatable bonds is 4. The Bertz CT molecular complexity index is 677. The lowest BCUT2D eigenvalue weighted by atomic mass is 10.0. The van der Waals surface area contributed by atoms with Crippen LogP contribution in [0.15, 0.2) is 53.0 Å². The van der Waals surface area contributed by atoms with Crippen molar-refractivity contribution in [2.45, 2.75) is 32.8 Å². The number of halogens is 1. The average molecular weight is 376 g/mol. The second-order valence-corrected chi connectivity index (χ2v) is 7.31. The molecule has 2 aromatic carbocycles. The number of alkyl carbamates (subject to hydrolysis) is 1. The van der Waals surface area contributed by atoms with Gasteiger partial charge in [0.25, 0.3) is 0 Å². The van der Waals surface area contributed by atoms with E-state index in [-0.39, 0.29) is 6.09 Å². The van der Waals surface area contributed by atoms with Crippen molar-refractivity contribution in [2.24, 2.45) is 0 Å². The fraction of sp³-hybridized carbons (Fsp3) is 0.316. The van der Waals surface area contributed by atoms with Gasteiger partial charge >= 0.3 is 6.09 Å². The summed E-state index contributed by atoms with van der Waals surface area (Å²) in [5.41, 5.74) is 3.05. The molecule has 0 aliphatic rings. The fourth-order valence-electron chi connectivity index (χ4n) is 2.20. The molecule has 0 radical (unpaired) electrons. The Morgan fingerprint density at radius 3 is 2.39 bits per heavy atom. The monoisotopic (exact) mass is 375 g/mol. The lowest BCUT2D eigenvalue weighted by molar-refractivity contribution is 0.0528. The molecule has 0 aliphatic heterocycles. The highest BCUT2D eigenvalue weighted by Gasteiger charge is 2.15. The molecule has 2 rings (SSSR count). The van der Waals surface area contributed by atoms with Crippen LogP contribution in [0.25, 0.3) is 11.1 Å². The molecule has 0 saturated carbocycles. The van der Waals surface area contributed by atoms with E-state index in [0.29, 0.717) is 6.54 Å². The first-order chi connectivity index (χ1) is 10.8. The molecule has 0 fully saturated rings. The maximum absolute atomic E-state index is 11.6. The van der Waals surface area contributed by atoms with E-state index in [4.69, 9.17) is 4.74 Å². The van der Waals surface area contributed by atoms with E-state index in [2.05, 4.69) is 51.6 Å². The zero-order valence-corrected chi connectivity index (χ0v) is 15.3. The summed E-state index contributed by atoms with van der Waals surface area (Å²) in [6.07, 6.45) is 0.391. The van der Waals surface area contributed by atoms with Gasteiger partial charge < -0.3 is 10.1 Å². The summed E-state index contributed by atoms with van der Waals surface area (Å²) in [5, 5.41) is 2.79. The minimum absolute atomic E-state index is 0.374. The van der Waals surface area contributed by atoms with Crippen molar-refractivity contribution in [3.8, 4) is 11.1 Å². The first kappa shape index (κ1) is 17.5. The van der Waals surface area contributed by atoms with Crippen LogP contribution in [0.4, 0.5) is 4.79 Å². The van der Waals surface area contributed by atoms with Crippen molar-refractivity contribution in [3.05, 3.63) is 58.6 Å².